The molecule has 0 aliphatic heterocycles. The van der Waals surface area contributed by atoms with E-state index in [1.54, 1.807) is 0 Å². The molecule has 1 fully saturated rings. The third-order valence-corrected chi connectivity index (χ3v) is 4.94. The van der Waals surface area contributed by atoms with E-state index < -0.39 is 30.4 Å². The van der Waals surface area contributed by atoms with Gasteiger partial charge in [-0.25, -0.2) is 0 Å². The van der Waals surface area contributed by atoms with Crippen molar-refractivity contribution in [2.75, 3.05) is 46.1 Å². The van der Waals surface area contributed by atoms with Crippen LogP contribution in [-0.2, 0) is 28.7 Å². The molecular formula is C20H36N4O7. The molecule has 178 valence electrons. The lowest BCUT2D eigenvalue weighted by Gasteiger charge is -2.15. The van der Waals surface area contributed by atoms with E-state index in [4.69, 9.17) is 20.3 Å². The summed E-state index contributed by atoms with van der Waals surface area (Å²) in [4.78, 5) is 46.1. The van der Waals surface area contributed by atoms with Crippen LogP contribution in [0.15, 0.2) is 0 Å². The zero-order chi connectivity index (χ0) is 22.9. The molecule has 0 heterocycles. The molecule has 11 nitrogen and oxygen atoms in total. The van der Waals surface area contributed by atoms with E-state index in [1.165, 1.54) is 0 Å². The predicted molar refractivity (Wildman–Crippen MR) is 112 cm³/mol. The Morgan fingerprint density at radius 2 is 1.65 bits per heavy atom. The Morgan fingerprint density at radius 3 is 2.32 bits per heavy atom. The maximum Gasteiger partial charge on any atom is 0.246 e. The highest BCUT2D eigenvalue weighted by Gasteiger charge is 2.22. The summed E-state index contributed by atoms with van der Waals surface area (Å²) in [7, 11) is 0. The third-order valence-electron chi connectivity index (χ3n) is 4.94. The first-order valence-electron chi connectivity index (χ1n) is 10.8. The third kappa shape index (κ3) is 12.9. The van der Waals surface area contributed by atoms with Crippen LogP contribution in [0.4, 0.5) is 0 Å². The van der Waals surface area contributed by atoms with Gasteiger partial charge >= 0.3 is 0 Å². The molecule has 1 rings (SSSR count). The monoisotopic (exact) mass is 444 g/mol. The zero-order valence-electron chi connectivity index (χ0n) is 18.0. The lowest BCUT2D eigenvalue weighted by molar-refractivity contribution is -0.131. The summed E-state index contributed by atoms with van der Waals surface area (Å²) in [6.45, 7) is 0.879. The summed E-state index contributed by atoms with van der Waals surface area (Å²) in [5.41, 5.74) is 5.31. The molecule has 1 saturated carbocycles. The number of hydrogen-bond acceptors (Lipinski definition) is 7. The van der Waals surface area contributed by atoms with Crippen LogP contribution in [-0.4, -0.2) is 80.9 Å². The SMILES string of the molecule is NC(=O)C(CCCCNC(=O)CO)NC(=O)COCCOCCNC(=O)C1CCCC1. The molecular weight excluding hydrogens is 408 g/mol. The molecule has 0 aromatic carbocycles. The predicted octanol–water partition coefficient (Wildman–Crippen LogP) is -1.43. The van der Waals surface area contributed by atoms with Crippen LogP contribution in [0, 0.1) is 5.92 Å². The lowest BCUT2D eigenvalue weighted by Crippen LogP contribution is -2.45. The van der Waals surface area contributed by atoms with Gasteiger partial charge in [0.2, 0.25) is 23.6 Å². The Hall–Kier alpha value is -2.24. The first-order valence-corrected chi connectivity index (χ1v) is 10.8. The van der Waals surface area contributed by atoms with Crippen LogP contribution < -0.4 is 21.7 Å². The summed E-state index contributed by atoms with van der Waals surface area (Å²) >= 11 is 0. The van der Waals surface area contributed by atoms with Gasteiger partial charge in [-0.2, -0.15) is 0 Å². The second-order valence-electron chi connectivity index (χ2n) is 7.46. The van der Waals surface area contributed by atoms with E-state index in [0.717, 1.165) is 25.7 Å². The molecule has 0 aromatic rings. The number of aliphatic hydroxyl groups is 1. The summed E-state index contributed by atoms with van der Waals surface area (Å²) in [6, 6.07) is -0.815. The molecule has 1 atom stereocenters. The quantitative estimate of drug-likeness (QED) is 0.171. The van der Waals surface area contributed by atoms with Crippen molar-refractivity contribution in [1.29, 1.82) is 0 Å². The van der Waals surface area contributed by atoms with E-state index in [1.807, 2.05) is 0 Å². The number of nitrogens with two attached hydrogens (primary N) is 1. The molecule has 1 unspecified atom stereocenters. The largest absolute Gasteiger partial charge is 0.387 e. The van der Waals surface area contributed by atoms with Crippen LogP contribution in [0.3, 0.4) is 0 Å². The first kappa shape index (κ1) is 26.8. The Balaban J connectivity index is 2.02. The van der Waals surface area contributed by atoms with Crippen molar-refractivity contribution >= 4 is 23.6 Å². The van der Waals surface area contributed by atoms with E-state index in [9.17, 15) is 19.2 Å². The van der Waals surface area contributed by atoms with Crippen LogP contribution >= 0.6 is 0 Å². The molecule has 0 saturated heterocycles. The van der Waals surface area contributed by atoms with Gasteiger partial charge < -0.3 is 36.3 Å². The van der Waals surface area contributed by atoms with Gasteiger partial charge in [0.1, 0.15) is 19.3 Å². The number of unbranched alkanes of at least 4 members (excludes halogenated alkanes) is 1. The average molecular weight is 445 g/mol. The Kier molecular flexibility index (Phi) is 14.2. The van der Waals surface area contributed by atoms with E-state index in [-0.39, 0.29) is 31.6 Å². The molecule has 1 aliphatic carbocycles. The molecule has 1 aliphatic rings. The molecule has 4 amide bonds. The normalized spacial score (nSPS) is 14.7. The number of hydrogen-bond donors (Lipinski definition) is 5. The van der Waals surface area contributed by atoms with Crippen LogP contribution in [0.2, 0.25) is 0 Å². The maximum atomic E-state index is 11.9. The number of rotatable bonds is 17. The van der Waals surface area contributed by atoms with Gasteiger partial charge in [-0.05, 0) is 32.1 Å². The smallest absolute Gasteiger partial charge is 0.246 e. The van der Waals surface area contributed by atoms with Gasteiger partial charge in [-0.1, -0.05) is 12.8 Å². The van der Waals surface area contributed by atoms with Crippen molar-refractivity contribution in [3.8, 4) is 0 Å². The number of nitrogens with one attached hydrogen (secondary N) is 3. The van der Waals surface area contributed by atoms with Crippen molar-refractivity contribution in [3.05, 3.63) is 0 Å². The number of primary amides is 1. The maximum absolute atomic E-state index is 11.9. The number of carbonyl (C=O) groups is 4. The molecule has 31 heavy (non-hydrogen) atoms. The standard InChI is InChI=1S/C20H36N4O7/c21-19(28)16(7-3-4-8-22-17(26)13-25)24-18(27)14-31-12-11-30-10-9-23-20(29)15-5-1-2-6-15/h15-16,25H,1-14H2,(H2,21,28)(H,22,26)(H,23,29)(H,24,27). The topological polar surface area (TPSA) is 169 Å². The lowest BCUT2D eigenvalue weighted by atomic mass is 10.1. The molecule has 6 N–H and O–H groups in total. The summed E-state index contributed by atoms with van der Waals surface area (Å²) in [5, 5.41) is 16.5. The molecule has 0 spiro atoms. The zero-order valence-corrected chi connectivity index (χ0v) is 18.0. The van der Waals surface area contributed by atoms with Crippen LogP contribution in [0.5, 0.6) is 0 Å². The molecule has 0 aromatic heterocycles. The van der Waals surface area contributed by atoms with E-state index >= 15 is 0 Å². The minimum atomic E-state index is -0.815. The van der Waals surface area contributed by atoms with Crippen molar-refractivity contribution < 1.29 is 33.8 Å². The number of amides is 4. The second kappa shape index (κ2) is 16.5. The van der Waals surface area contributed by atoms with Crippen molar-refractivity contribution in [2.24, 2.45) is 11.7 Å². The highest BCUT2D eigenvalue weighted by molar-refractivity contribution is 5.87. The Labute approximate surface area is 182 Å². The fraction of sp³-hybridized carbons (Fsp3) is 0.800. The molecule has 0 radical (unpaired) electrons. The Bertz CT molecular complexity index is 568. The molecule has 11 heteroatoms. The van der Waals surface area contributed by atoms with Crippen molar-refractivity contribution in [3.63, 3.8) is 0 Å². The van der Waals surface area contributed by atoms with Gasteiger partial charge in [0.15, 0.2) is 0 Å². The fourth-order valence-corrected chi connectivity index (χ4v) is 3.24. The summed E-state index contributed by atoms with van der Waals surface area (Å²) < 4.78 is 10.6. The second-order valence-corrected chi connectivity index (χ2v) is 7.46. The number of aliphatic hydroxyl groups excluding tert-OH is 1. The minimum Gasteiger partial charge on any atom is -0.387 e. The van der Waals surface area contributed by atoms with Crippen LogP contribution in [0.25, 0.3) is 0 Å². The van der Waals surface area contributed by atoms with Gasteiger partial charge in [0, 0.05) is 19.0 Å². The highest BCUT2D eigenvalue weighted by Crippen LogP contribution is 2.24. The summed E-state index contributed by atoms with van der Waals surface area (Å²) in [5.74, 6) is -1.34. The first-order chi connectivity index (χ1) is 14.9. The average Bonchev–Trinajstić information content (AvgIpc) is 3.29. The van der Waals surface area contributed by atoms with Gasteiger partial charge in [0.05, 0.1) is 19.8 Å². The fourth-order valence-electron chi connectivity index (χ4n) is 3.24. The van der Waals surface area contributed by atoms with Gasteiger partial charge in [-0.3, -0.25) is 19.2 Å². The van der Waals surface area contributed by atoms with Crippen molar-refractivity contribution in [1.82, 2.24) is 16.0 Å². The number of carbonyl (C=O) groups excluding carboxylic acids is 4. The Morgan fingerprint density at radius 1 is 0.935 bits per heavy atom. The van der Waals surface area contributed by atoms with Gasteiger partial charge in [0.25, 0.3) is 0 Å². The van der Waals surface area contributed by atoms with Crippen molar-refractivity contribution in [2.45, 2.75) is 51.0 Å². The van der Waals surface area contributed by atoms with Crippen LogP contribution in [0.1, 0.15) is 44.9 Å². The summed E-state index contributed by atoms with van der Waals surface area (Å²) in [6.07, 6.45) is 5.64. The molecule has 0 bridgehead atoms. The van der Waals surface area contributed by atoms with E-state index in [2.05, 4.69) is 16.0 Å². The number of ether oxygens (including phenoxy) is 2. The van der Waals surface area contributed by atoms with Gasteiger partial charge in [-0.15, -0.1) is 0 Å². The highest BCUT2D eigenvalue weighted by atomic mass is 16.5. The minimum absolute atomic E-state index is 0.0907. The van der Waals surface area contributed by atoms with E-state index in [0.29, 0.717) is 39.0 Å².